The van der Waals surface area contributed by atoms with Crippen LogP contribution < -0.4 is 4.90 Å². The summed E-state index contributed by atoms with van der Waals surface area (Å²) in [6.07, 6.45) is 0.143. The standard InChI is InChI=1S/C15H16ClN3O2/c1-8-11(4-3-10(7-17)13(8)16)19-9(2)14-12(20)5-6-18(14)15(19)21/h3-4,9,12,14,20H,5-6H2,1-2H3/t9-,12-,14+/m1/s1. The van der Waals surface area contributed by atoms with Gasteiger partial charge in [-0.2, -0.15) is 5.26 Å². The Bertz CT molecular complexity index is 655. The van der Waals surface area contributed by atoms with E-state index in [4.69, 9.17) is 16.9 Å². The number of nitriles is 1. The number of rotatable bonds is 1. The van der Waals surface area contributed by atoms with Gasteiger partial charge in [-0.3, -0.25) is 4.90 Å². The van der Waals surface area contributed by atoms with E-state index in [-0.39, 0.29) is 18.1 Å². The van der Waals surface area contributed by atoms with Crippen LogP contribution in [0.3, 0.4) is 0 Å². The van der Waals surface area contributed by atoms with Crippen molar-refractivity contribution in [2.45, 2.75) is 38.5 Å². The van der Waals surface area contributed by atoms with Crippen molar-refractivity contribution < 1.29 is 9.90 Å². The molecule has 6 heteroatoms. The Morgan fingerprint density at radius 1 is 1.48 bits per heavy atom. The molecule has 3 atom stereocenters. The predicted octanol–water partition coefficient (Wildman–Crippen LogP) is 2.28. The van der Waals surface area contributed by atoms with Crippen molar-refractivity contribution in [1.29, 1.82) is 5.26 Å². The quantitative estimate of drug-likeness (QED) is 0.865. The summed E-state index contributed by atoms with van der Waals surface area (Å²) < 4.78 is 0. The van der Waals surface area contributed by atoms with Crippen LogP contribution in [-0.2, 0) is 0 Å². The summed E-state index contributed by atoms with van der Waals surface area (Å²) in [7, 11) is 0. The van der Waals surface area contributed by atoms with Crippen LogP contribution in [0.15, 0.2) is 12.1 Å². The van der Waals surface area contributed by atoms with Crippen LogP contribution in [0.4, 0.5) is 10.5 Å². The largest absolute Gasteiger partial charge is 0.391 e. The number of anilines is 1. The third-order valence-electron chi connectivity index (χ3n) is 4.51. The van der Waals surface area contributed by atoms with Gasteiger partial charge in [0.25, 0.3) is 0 Å². The molecule has 2 saturated heterocycles. The molecule has 2 amide bonds. The van der Waals surface area contributed by atoms with Gasteiger partial charge in [0, 0.05) is 6.54 Å². The lowest BCUT2D eigenvalue weighted by Crippen LogP contribution is -2.39. The molecule has 2 fully saturated rings. The number of aliphatic hydroxyl groups excluding tert-OH is 1. The Kier molecular flexibility index (Phi) is 3.31. The highest BCUT2D eigenvalue weighted by Gasteiger charge is 2.50. The molecular weight excluding hydrogens is 290 g/mol. The molecule has 0 radical (unpaired) electrons. The summed E-state index contributed by atoms with van der Waals surface area (Å²) in [5.74, 6) is 0. The zero-order valence-corrected chi connectivity index (χ0v) is 12.6. The molecule has 0 aromatic heterocycles. The highest BCUT2D eigenvalue weighted by molar-refractivity contribution is 6.33. The molecular formula is C15H16ClN3O2. The normalized spacial score (nSPS) is 28.0. The van der Waals surface area contributed by atoms with Gasteiger partial charge in [-0.05, 0) is 38.0 Å². The number of benzene rings is 1. The molecule has 2 aliphatic rings. The Morgan fingerprint density at radius 2 is 2.19 bits per heavy atom. The minimum Gasteiger partial charge on any atom is -0.391 e. The maximum atomic E-state index is 12.6. The Balaban J connectivity index is 2.04. The van der Waals surface area contributed by atoms with Crippen molar-refractivity contribution in [3.63, 3.8) is 0 Å². The molecule has 3 rings (SSSR count). The van der Waals surface area contributed by atoms with E-state index < -0.39 is 6.10 Å². The number of amides is 2. The lowest BCUT2D eigenvalue weighted by molar-refractivity contribution is 0.133. The zero-order valence-electron chi connectivity index (χ0n) is 11.9. The smallest absolute Gasteiger partial charge is 0.325 e. The molecule has 1 aromatic rings. The third-order valence-corrected chi connectivity index (χ3v) is 5.00. The average Bonchev–Trinajstić information content (AvgIpc) is 2.95. The maximum absolute atomic E-state index is 12.6. The summed E-state index contributed by atoms with van der Waals surface area (Å²) in [4.78, 5) is 16.0. The highest BCUT2D eigenvalue weighted by atomic mass is 35.5. The van der Waals surface area contributed by atoms with Crippen molar-refractivity contribution in [2.24, 2.45) is 0 Å². The lowest BCUT2D eigenvalue weighted by atomic mass is 10.0. The van der Waals surface area contributed by atoms with Gasteiger partial charge < -0.3 is 10.0 Å². The van der Waals surface area contributed by atoms with Gasteiger partial charge in [0.1, 0.15) is 6.07 Å². The van der Waals surface area contributed by atoms with Gasteiger partial charge in [-0.1, -0.05) is 11.6 Å². The van der Waals surface area contributed by atoms with E-state index in [1.54, 1.807) is 28.9 Å². The van der Waals surface area contributed by atoms with Gasteiger partial charge in [0.2, 0.25) is 0 Å². The van der Waals surface area contributed by atoms with Crippen molar-refractivity contribution in [1.82, 2.24) is 4.90 Å². The minimum absolute atomic E-state index is 0.104. The monoisotopic (exact) mass is 305 g/mol. The molecule has 0 bridgehead atoms. The predicted molar refractivity (Wildman–Crippen MR) is 79.4 cm³/mol. The van der Waals surface area contributed by atoms with Gasteiger partial charge >= 0.3 is 6.03 Å². The van der Waals surface area contributed by atoms with Crippen LogP contribution in [0, 0.1) is 18.3 Å². The second-order valence-corrected chi connectivity index (χ2v) is 5.99. The van der Waals surface area contributed by atoms with Crippen LogP contribution in [-0.4, -0.2) is 40.8 Å². The molecule has 0 aliphatic carbocycles. The Labute approximate surface area is 128 Å². The summed E-state index contributed by atoms with van der Waals surface area (Å²) in [5.41, 5.74) is 1.82. The molecule has 0 saturated carbocycles. The van der Waals surface area contributed by atoms with E-state index in [0.29, 0.717) is 34.8 Å². The SMILES string of the molecule is Cc1c(N2C(=O)N3CC[C@@H](O)[C@@H]3[C@H]2C)ccc(C#N)c1Cl. The number of carbonyl (C=O) groups is 1. The molecule has 0 spiro atoms. The van der Waals surface area contributed by atoms with Crippen LogP contribution in [0.25, 0.3) is 0 Å². The van der Waals surface area contributed by atoms with Crippen molar-refractivity contribution in [2.75, 3.05) is 11.4 Å². The van der Waals surface area contributed by atoms with Gasteiger partial charge in [0.15, 0.2) is 0 Å². The number of hydrogen-bond donors (Lipinski definition) is 1. The Hall–Kier alpha value is -1.77. The van der Waals surface area contributed by atoms with Crippen molar-refractivity contribution in [3.8, 4) is 6.07 Å². The number of urea groups is 1. The summed E-state index contributed by atoms with van der Waals surface area (Å²) in [5, 5.41) is 19.5. The molecule has 1 aromatic carbocycles. The molecule has 110 valence electrons. The van der Waals surface area contributed by atoms with E-state index in [0.717, 1.165) is 0 Å². The first-order chi connectivity index (χ1) is 9.97. The first-order valence-corrected chi connectivity index (χ1v) is 7.32. The van der Waals surface area contributed by atoms with Crippen molar-refractivity contribution >= 4 is 23.3 Å². The average molecular weight is 306 g/mol. The second kappa shape index (κ2) is 4.90. The molecule has 21 heavy (non-hydrogen) atoms. The first kappa shape index (κ1) is 14.2. The van der Waals surface area contributed by atoms with Crippen LogP contribution in [0.2, 0.25) is 5.02 Å². The number of aliphatic hydroxyl groups is 1. The van der Waals surface area contributed by atoms with E-state index in [1.165, 1.54) is 0 Å². The van der Waals surface area contributed by atoms with Crippen LogP contribution >= 0.6 is 11.6 Å². The lowest BCUT2D eigenvalue weighted by Gasteiger charge is -2.26. The molecule has 0 unspecified atom stereocenters. The number of fused-ring (bicyclic) bond motifs is 1. The van der Waals surface area contributed by atoms with Gasteiger partial charge in [-0.15, -0.1) is 0 Å². The van der Waals surface area contributed by atoms with E-state index in [1.807, 2.05) is 13.0 Å². The van der Waals surface area contributed by atoms with E-state index >= 15 is 0 Å². The van der Waals surface area contributed by atoms with Crippen molar-refractivity contribution in [3.05, 3.63) is 28.3 Å². The third kappa shape index (κ3) is 1.90. The zero-order chi connectivity index (χ0) is 15.3. The fraction of sp³-hybridized carbons (Fsp3) is 0.467. The maximum Gasteiger partial charge on any atom is 0.325 e. The number of nitrogens with zero attached hydrogens (tertiary/aromatic N) is 3. The van der Waals surface area contributed by atoms with Gasteiger partial charge in [0.05, 0.1) is 34.5 Å². The highest BCUT2D eigenvalue weighted by Crippen LogP contribution is 2.38. The molecule has 2 aliphatic heterocycles. The number of halogens is 1. The van der Waals surface area contributed by atoms with E-state index in [2.05, 4.69) is 0 Å². The Morgan fingerprint density at radius 3 is 2.81 bits per heavy atom. The van der Waals surface area contributed by atoms with Crippen LogP contribution in [0.5, 0.6) is 0 Å². The van der Waals surface area contributed by atoms with Gasteiger partial charge in [-0.25, -0.2) is 4.79 Å². The first-order valence-electron chi connectivity index (χ1n) is 6.94. The fourth-order valence-electron chi connectivity index (χ4n) is 3.41. The number of hydrogen-bond acceptors (Lipinski definition) is 3. The summed E-state index contributed by atoms with van der Waals surface area (Å²) >= 11 is 6.20. The summed E-state index contributed by atoms with van der Waals surface area (Å²) in [6.45, 7) is 4.32. The fourth-order valence-corrected chi connectivity index (χ4v) is 3.62. The number of carbonyl (C=O) groups excluding carboxylic acids is 1. The van der Waals surface area contributed by atoms with Crippen LogP contribution in [0.1, 0.15) is 24.5 Å². The van der Waals surface area contributed by atoms with E-state index in [9.17, 15) is 9.90 Å². The topological polar surface area (TPSA) is 67.6 Å². The second-order valence-electron chi connectivity index (χ2n) is 5.62. The summed E-state index contributed by atoms with van der Waals surface area (Å²) in [6, 6.07) is 5.01. The molecule has 5 nitrogen and oxygen atoms in total. The molecule has 1 N–H and O–H groups in total. The minimum atomic E-state index is -0.483. The molecule has 2 heterocycles.